The van der Waals surface area contributed by atoms with Crippen LogP contribution in [-0.2, 0) is 22.6 Å². The number of hydrogen-bond acceptors (Lipinski definition) is 9. The Morgan fingerprint density at radius 1 is 1.00 bits per heavy atom. The normalized spacial score (nSPS) is 13.0. The first-order valence-electron chi connectivity index (χ1n) is 15.3. The molecular formula is C36H40Cl2N6O5. The molecule has 13 heteroatoms. The lowest BCUT2D eigenvalue weighted by molar-refractivity contribution is -0.127. The number of rotatable bonds is 12. The second-order valence-corrected chi connectivity index (χ2v) is 12.0. The Labute approximate surface area is 295 Å². The van der Waals surface area contributed by atoms with E-state index in [0.29, 0.717) is 60.9 Å². The SMILES string of the molecule is C.C=CC(=O)Cc1cccc(C)c1Nc1ncc2cc(-c3c(Cl)c(OC)cc(OC)c3Cl)c(=O)n(CCN3CCN(C(=O)C=C)CC3)c2n1. The Bertz CT molecular complexity index is 1940. The largest absolute Gasteiger partial charge is 0.495 e. The quantitative estimate of drug-likeness (QED) is 0.174. The molecule has 0 bridgehead atoms. The van der Waals surface area contributed by atoms with Crippen LogP contribution < -0.4 is 20.3 Å². The molecule has 11 nitrogen and oxygen atoms in total. The van der Waals surface area contributed by atoms with Gasteiger partial charge in [-0.3, -0.25) is 23.9 Å². The van der Waals surface area contributed by atoms with Crippen LogP contribution in [0.5, 0.6) is 11.5 Å². The van der Waals surface area contributed by atoms with Gasteiger partial charge in [-0.1, -0.05) is 62.0 Å². The highest BCUT2D eigenvalue weighted by atomic mass is 35.5. The summed E-state index contributed by atoms with van der Waals surface area (Å²) in [6.07, 6.45) is 4.39. The number of fused-ring (bicyclic) bond motifs is 1. The second-order valence-electron chi connectivity index (χ2n) is 11.2. The highest BCUT2D eigenvalue weighted by molar-refractivity contribution is 6.41. The van der Waals surface area contributed by atoms with Crippen LogP contribution in [0.15, 0.2) is 66.6 Å². The summed E-state index contributed by atoms with van der Waals surface area (Å²) < 4.78 is 12.5. The number of ketones is 1. The van der Waals surface area contributed by atoms with Crippen LogP contribution in [0.3, 0.4) is 0 Å². The Morgan fingerprint density at radius 3 is 2.29 bits per heavy atom. The van der Waals surface area contributed by atoms with Gasteiger partial charge in [0.2, 0.25) is 11.9 Å². The number of piperazine rings is 1. The van der Waals surface area contributed by atoms with Gasteiger partial charge in [0.05, 0.1) is 29.8 Å². The average Bonchev–Trinajstić information content (AvgIpc) is 3.09. The molecule has 0 radical (unpaired) electrons. The maximum absolute atomic E-state index is 14.4. The summed E-state index contributed by atoms with van der Waals surface area (Å²) in [5.74, 6) is 0.622. The van der Waals surface area contributed by atoms with E-state index in [2.05, 4.69) is 28.4 Å². The number of hydrogen-bond donors (Lipinski definition) is 1. The van der Waals surface area contributed by atoms with Gasteiger partial charge in [0.1, 0.15) is 17.1 Å². The minimum atomic E-state index is -0.375. The van der Waals surface area contributed by atoms with Crippen molar-refractivity contribution in [1.29, 1.82) is 0 Å². The van der Waals surface area contributed by atoms with Gasteiger partial charge in [-0.25, -0.2) is 4.98 Å². The molecule has 0 aliphatic carbocycles. The van der Waals surface area contributed by atoms with Crippen molar-refractivity contribution in [3.63, 3.8) is 0 Å². The van der Waals surface area contributed by atoms with Gasteiger partial charge in [0.25, 0.3) is 5.56 Å². The maximum atomic E-state index is 14.4. The Balaban J connectivity index is 0.00000541. The smallest absolute Gasteiger partial charge is 0.260 e. The third-order valence-corrected chi connectivity index (χ3v) is 9.11. The highest BCUT2D eigenvalue weighted by Crippen LogP contribution is 2.45. The number of nitrogens with one attached hydrogen (secondary N) is 1. The number of amides is 1. The molecule has 1 fully saturated rings. The van der Waals surface area contributed by atoms with Crippen molar-refractivity contribution in [3.05, 3.63) is 93.4 Å². The molecule has 1 N–H and O–H groups in total. The summed E-state index contributed by atoms with van der Waals surface area (Å²) in [6, 6.07) is 8.88. The number of benzene rings is 2. The fraction of sp³-hybridized carbons (Fsp3) is 0.306. The molecule has 258 valence electrons. The molecule has 1 saturated heterocycles. The van der Waals surface area contributed by atoms with Gasteiger partial charge in [-0.15, -0.1) is 0 Å². The second kappa shape index (κ2) is 16.1. The van der Waals surface area contributed by atoms with Crippen LogP contribution in [0, 0.1) is 6.92 Å². The molecule has 1 amide bonds. The molecule has 0 saturated carbocycles. The molecule has 5 rings (SSSR count). The summed E-state index contributed by atoms with van der Waals surface area (Å²) in [6.45, 7) is 12.3. The number of nitrogens with zero attached hydrogens (tertiary/aromatic N) is 5. The van der Waals surface area contributed by atoms with Crippen molar-refractivity contribution >= 4 is 57.6 Å². The number of aromatic nitrogens is 3. The van der Waals surface area contributed by atoms with E-state index in [-0.39, 0.29) is 64.8 Å². The van der Waals surface area contributed by atoms with Gasteiger partial charge in [0.15, 0.2) is 5.78 Å². The molecule has 2 aromatic carbocycles. The molecule has 2 aromatic heterocycles. The topological polar surface area (TPSA) is 119 Å². The zero-order valence-corrected chi connectivity index (χ0v) is 28.5. The Hall–Kier alpha value is -4.71. The van der Waals surface area contributed by atoms with Crippen LogP contribution >= 0.6 is 23.2 Å². The first-order valence-corrected chi connectivity index (χ1v) is 16.0. The predicted octanol–water partition coefficient (Wildman–Crippen LogP) is 6.10. The number of anilines is 2. The molecule has 3 heterocycles. The molecular weight excluding hydrogens is 667 g/mol. The summed E-state index contributed by atoms with van der Waals surface area (Å²) in [5, 5.41) is 4.17. The van der Waals surface area contributed by atoms with E-state index < -0.39 is 0 Å². The van der Waals surface area contributed by atoms with Crippen LogP contribution in [0.25, 0.3) is 22.2 Å². The maximum Gasteiger partial charge on any atom is 0.260 e. The summed E-state index contributed by atoms with van der Waals surface area (Å²) in [7, 11) is 2.93. The molecule has 1 aliphatic rings. The Morgan fingerprint density at radius 2 is 1.67 bits per heavy atom. The molecule has 1 aliphatic heterocycles. The first-order chi connectivity index (χ1) is 23.1. The number of carbonyl (C=O) groups excluding carboxylic acids is 2. The third kappa shape index (κ3) is 7.80. The summed E-state index contributed by atoms with van der Waals surface area (Å²) >= 11 is 13.5. The van der Waals surface area contributed by atoms with Crippen LogP contribution in [0.1, 0.15) is 18.6 Å². The minimum absolute atomic E-state index is 0. The van der Waals surface area contributed by atoms with E-state index in [4.69, 9.17) is 37.7 Å². The van der Waals surface area contributed by atoms with Crippen LogP contribution in [-0.4, -0.2) is 83.0 Å². The van der Waals surface area contributed by atoms with Crippen molar-refractivity contribution < 1.29 is 19.1 Å². The van der Waals surface area contributed by atoms with E-state index in [0.717, 1.165) is 11.1 Å². The number of aryl methyl sites for hydroxylation is 1. The molecule has 49 heavy (non-hydrogen) atoms. The fourth-order valence-corrected chi connectivity index (χ4v) is 6.42. The van der Waals surface area contributed by atoms with Crippen molar-refractivity contribution in [3.8, 4) is 22.6 Å². The average molecular weight is 708 g/mol. The standard InChI is InChI=1S/C35H36Cl2N6O5.CH4/c1-6-24(44)17-22-10-8-9-21(3)32(22)39-35-38-20-23-18-25(29-30(36)26(47-4)19-27(48-5)31(29)37)34(46)43(33(23)40-35)16-13-41-11-14-42(15-12-41)28(45)7-2;/h6-10,18-20H,1-2,11-17H2,3-5H3,(H,38,39,40);1H4. The number of halogens is 2. The van der Waals surface area contributed by atoms with E-state index in [1.807, 2.05) is 25.1 Å². The Kier molecular flexibility index (Phi) is 12.2. The number of para-hydroxylation sites is 1. The van der Waals surface area contributed by atoms with Crippen molar-refractivity contribution in [2.75, 3.05) is 52.3 Å². The molecule has 4 aromatic rings. The molecule has 0 atom stereocenters. The third-order valence-electron chi connectivity index (χ3n) is 8.36. The number of methoxy groups -OCH3 is 2. The minimum Gasteiger partial charge on any atom is -0.495 e. The highest BCUT2D eigenvalue weighted by Gasteiger charge is 2.25. The number of ether oxygens (including phenoxy) is 2. The summed E-state index contributed by atoms with van der Waals surface area (Å²) in [5.41, 5.74) is 2.87. The monoisotopic (exact) mass is 706 g/mol. The van der Waals surface area contributed by atoms with Gasteiger partial charge < -0.3 is 19.7 Å². The zero-order valence-electron chi connectivity index (χ0n) is 27.0. The number of allylic oxidation sites excluding steroid dienone is 1. The van der Waals surface area contributed by atoms with Gasteiger partial charge in [-0.05, 0) is 36.3 Å². The molecule has 0 spiro atoms. The zero-order chi connectivity index (χ0) is 34.5. The number of carbonyl (C=O) groups is 2. The van der Waals surface area contributed by atoms with E-state index in [1.165, 1.54) is 26.4 Å². The predicted molar refractivity (Wildman–Crippen MR) is 196 cm³/mol. The van der Waals surface area contributed by atoms with Crippen LogP contribution in [0.2, 0.25) is 10.0 Å². The van der Waals surface area contributed by atoms with E-state index in [9.17, 15) is 14.4 Å². The van der Waals surface area contributed by atoms with Gasteiger partial charge in [-0.2, -0.15) is 4.98 Å². The van der Waals surface area contributed by atoms with Gasteiger partial charge >= 0.3 is 0 Å². The van der Waals surface area contributed by atoms with E-state index in [1.54, 1.807) is 27.8 Å². The lowest BCUT2D eigenvalue weighted by Crippen LogP contribution is -2.49. The van der Waals surface area contributed by atoms with Crippen molar-refractivity contribution in [1.82, 2.24) is 24.3 Å². The number of pyridine rings is 1. The fourth-order valence-electron chi connectivity index (χ4n) is 5.72. The van der Waals surface area contributed by atoms with Crippen LogP contribution in [0.4, 0.5) is 11.6 Å². The van der Waals surface area contributed by atoms with Gasteiger partial charge in [0, 0.05) is 74.6 Å². The van der Waals surface area contributed by atoms with Crippen molar-refractivity contribution in [2.45, 2.75) is 27.3 Å². The lowest BCUT2D eigenvalue weighted by atomic mass is 10.0. The van der Waals surface area contributed by atoms with Crippen molar-refractivity contribution in [2.24, 2.45) is 0 Å². The summed E-state index contributed by atoms with van der Waals surface area (Å²) in [4.78, 5) is 52.1. The molecule has 0 unspecified atom stereocenters. The van der Waals surface area contributed by atoms with E-state index >= 15 is 0 Å². The first kappa shape index (κ1) is 37.1. The lowest BCUT2D eigenvalue weighted by Gasteiger charge is -2.34.